The summed E-state index contributed by atoms with van der Waals surface area (Å²) in [6.45, 7) is 1.37. The van der Waals surface area contributed by atoms with Crippen molar-refractivity contribution < 1.29 is 9.59 Å². The van der Waals surface area contributed by atoms with Crippen LogP contribution in [-0.2, 0) is 16.1 Å². The second kappa shape index (κ2) is 4.36. The number of hydrogen-bond donors (Lipinski definition) is 0. The summed E-state index contributed by atoms with van der Waals surface area (Å²) in [4.78, 5) is 24.0. The van der Waals surface area contributed by atoms with E-state index in [2.05, 4.69) is 0 Å². The van der Waals surface area contributed by atoms with Gasteiger partial charge in [-0.3, -0.25) is 9.69 Å². The molecule has 0 aliphatic carbocycles. The summed E-state index contributed by atoms with van der Waals surface area (Å²) in [6, 6.07) is 9.36. The van der Waals surface area contributed by atoms with Gasteiger partial charge in [-0.1, -0.05) is 30.3 Å². The van der Waals surface area contributed by atoms with E-state index in [1.807, 2.05) is 35.2 Å². The Kier molecular flexibility index (Phi) is 2.92. The lowest BCUT2D eigenvalue weighted by atomic mass is 10.2. The van der Waals surface area contributed by atoms with Crippen molar-refractivity contribution in [2.45, 2.75) is 19.0 Å². The van der Waals surface area contributed by atoms with Gasteiger partial charge in [0, 0.05) is 19.5 Å². The van der Waals surface area contributed by atoms with Gasteiger partial charge in [-0.05, 0) is 5.56 Å². The monoisotopic (exact) mass is 203 g/mol. The SMILES string of the molecule is O=CC1C(=O)CCN1Cc1ccccc1. The summed E-state index contributed by atoms with van der Waals surface area (Å²) in [7, 11) is 0. The van der Waals surface area contributed by atoms with Gasteiger partial charge in [0.25, 0.3) is 0 Å². The molecule has 1 unspecified atom stereocenters. The lowest BCUT2D eigenvalue weighted by molar-refractivity contribution is -0.124. The topological polar surface area (TPSA) is 37.4 Å². The van der Waals surface area contributed by atoms with Crippen LogP contribution in [0.3, 0.4) is 0 Å². The van der Waals surface area contributed by atoms with Crippen molar-refractivity contribution in [1.82, 2.24) is 4.90 Å². The van der Waals surface area contributed by atoms with E-state index in [1.54, 1.807) is 0 Å². The Balaban J connectivity index is 2.07. The minimum absolute atomic E-state index is 0.0425. The number of Topliss-reactive ketones (excluding diaryl/α,β-unsaturated/α-hetero) is 1. The molecule has 78 valence electrons. The highest BCUT2D eigenvalue weighted by Crippen LogP contribution is 2.15. The molecule has 3 heteroatoms. The zero-order chi connectivity index (χ0) is 10.7. The van der Waals surface area contributed by atoms with Gasteiger partial charge in [-0.2, -0.15) is 0 Å². The van der Waals surface area contributed by atoms with E-state index in [0.717, 1.165) is 11.8 Å². The van der Waals surface area contributed by atoms with Crippen molar-refractivity contribution in [1.29, 1.82) is 0 Å². The molecule has 0 N–H and O–H groups in total. The predicted octanol–water partition coefficient (Wildman–Crippen LogP) is 1.03. The Morgan fingerprint density at radius 3 is 2.73 bits per heavy atom. The number of carbonyl (C=O) groups is 2. The molecule has 1 aliphatic rings. The molecule has 1 saturated heterocycles. The van der Waals surface area contributed by atoms with E-state index in [9.17, 15) is 9.59 Å². The molecule has 0 bridgehead atoms. The first kappa shape index (κ1) is 10.1. The fourth-order valence-electron chi connectivity index (χ4n) is 1.90. The van der Waals surface area contributed by atoms with Crippen LogP contribution in [0.2, 0.25) is 0 Å². The summed E-state index contributed by atoms with van der Waals surface area (Å²) in [5.74, 6) is 0.0425. The molecular formula is C12H13NO2. The predicted molar refractivity (Wildman–Crippen MR) is 56.3 cm³/mol. The second-order valence-corrected chi connectivity index (χ2v) is 3.75. The van der Waals surface area contributed by atoms with Crippen molar-refractivity contribution in [3.8, 4) is 0 Å². The molecule has 0 radical (unpaired) electrons. The van der Waals surface area contributed by atoms with Crippen LogP contribution in [-0.4, -0.2) is 29.6 Å². The van der Waals surface area contributed by atoms with Gasteiger partial charge in [0.1, 0.15) is 12.3 Å². The molecule has 3 nitrogen and oxygen atoms in total. The third kappa shape index (κ3) is 2.13. The maximum atomic E-state index is 11.3. The van der Waals surface area contributed by atoms with Crippen molar-refractivity contribution in [2.75, 3.05) is 6.54 Å². The summed E-state index contributed by atoms with van der Waals surface area (Å²) in [5, 5.41) is 0. The highest BCUT2D eigenvalue weighted by atomic mass is 16.1. The second-order valence-electron chi connectivity index (χ2n) is 3.75. The Hall–Kier alpha value is -1.48. The number of carbonyl (C=O) groups excluding carboxylic acids is 2. The van der Waals surface area contributed by atoms with Gasteiger partial charge >= 0.3 is 0 Å². The maximum absolute atomic E-state index is 11.3. The first-order valence-corrected chi connectivity index (χ1v) is 5.07. The lowest BCUT2D eigenvalue weighted by Crippen LogP contribution is -2.33. The zero-order valence-corrected chi connectivity index (χ0v) is 8.43. The van der Waals surface area contributed by atoms with E-state index in [4.69, 9.17) is 0 Å². The van der Waals surface area contributed by atoms with Crippen LogP contribution in [0.5, 0.6) is 0 Å². The van der Waals surface area contributed by atoms with Crippen LogP contribution in [0.15, 0.2) is 30.3 Å². The van der Waals surface area contributed by atoms with Gasteiger partial charge in [-0.25, -0.2) is 0 Å². The van der Waals surface area contributed by atoms with E-state index in [-0.39, 0.29) is 5.78 Å². The largest absolute Gasteiger partial charge is 0.301 e. The third-order valence-corrected chi connectivity index (χ3v) is 2.73. The molecule has 1 aromatic carbocycles. The number of hydrogen-bond acceptors (Lipinski definition) is 3. The number of benzene rings is 1. The fourth-order valence-corrected chi connectivity index (χ4v) is 1.90. The molecular weight excluding hydrogens is 190 g/mol. The molecule has 1 aliphatic heterocycles. The fraction of sp³-hybridized carbons (Fsp3) is 0.333. The minimum Gasteiger partial charge on any atom is -0.301 e. The number of rotatable bonds is 3. The van der Waals surface area contributed by atoms with E-state index in [0.29, 0.717) is 19.5 Å². The summed E-state index contributed by atoms with van der Waals surface area (Å²) in [6.07, 6.45) is 1.24. The van der Waals surface area contributed by atoms with Crippen LogP contribution < -0.4 is 0 Å². The molecule has 0 spiro atoms. The molecule has 1 atom stereocenters. The third-order valence-electron chi connectivity index (χ3n) is 2.73. The van der Waals surface area contributed by atoms with E-state index < -0.39 is 6.04 Å². The highest BCUT2D eigenvalue weighted by molar-refractivity contribution is 5.99. The van der Waals surface area contributed by atoms with Gasteiger partial charge in [0.15, 0.2) is 5.78 Å². The van der Waals surface area contributed by atoms with Gasteiger partial charge < -0.3 is 4.79 Å². The minimum atomic E-state index is -0.523. The van der Waals surface area contributed by atoms with Crippen molar-refractivity contribution in [2.24, 2.45) is 0 Å². The Morgan fingerprint density at radius 2 is 2.07 bits per heavy atom. The first-order chi connectivity index (χ1) is 7.31. The lowest BCUT2D eigenvalue weighted by Gasteiger charge is -2.18. The van der Waals surface area contributed by atoms with Crippen LogP contribution >= 0.6 is 0 Å². The molecule has 1 heterocycles. The first-order valence-electron chi connectivity index (χ1n) is 5.07. The normalized spacial score (nSPS) is 21.9. The van der Waals surface area contributed by atoms with Crippen LogP contribution in [0.1, 0.15) is 12.0 Å². The Morgan fingerprint density at radius 1 is 1.33 bits per heavy atom. The quantitative estimate of drug-likeness (QED) is 0.544. The molecule has 1 aromatic rings. The molecule has 0 amide bonds. The van der Waals surface area contributed by atoms with Crippen LogP contribution in [0.4, 0.5) is 0 Å². The standard InChI is InChI=1S/C12H13NO2/c14-9-11-12(15)6-7-13(11)8-10-4-2-1-3-5-10/h1-5,9,11H,6-8H2. The van der Waals surface area contributed by atoms with Gasteiger partial charge in [0.2, 0.25) is 0 Å². The Bertz CT molecular complexity index is 361. The summed E-state index contributed by atoms with van der Waals surface area (Å²) < 4.78 is 0. The van der Waals surface area contributed by atoms with E-state index in [1.165, 1.54) is 0 Å². The molecule has 0 saturated carbocycles. The number of nitrogens with zero attached hydrogens (tertiary/aromatic N) is 1. The Labute approximate surface area is 88.7 Å². The van der Waals surface area contributed by atoms with Gasteiger partial charge in [0.05, 0.1) is 0 Å². The van der Waals surface area contributed by atoms with Crippen molar-refractivity contribution in [3.05, 3.63) is 35.9 Å². The zero-order valence-electron chi connectivity index (χ0n) is 8.43. The van der Waals surface area contributed by atoms with Gasteiger partial charge in [-0.15, -0.1) is 0 Å². The smallest absolute Gasteiger partial charge is 0.158 e. The molecule has 0 aromatic heterocycles. The maximum Gasteiger partial charge on any atom is 0.158 e. The summed E-state index contributed by atoms with van der Waals surface area (Å²) >= 11 is 0. The number of ketones is 1. The van der Waals surface area contributed by atoms with Crippen LogP contribution in [0, 0.1) is 0 Å². The average molecular weight is 203 g/mol. The van der Waals surface area contributed by atoms with Crippen molar-refractivity contribution in [3.63, 3.8) is 0 Å². The molecule has 15 heavy (non-hydrogen) atoms. The molecule has 2 rings (SSSR count). The van der Waals surface area contributed by atoms with Crippen LogP contribution in [0.25, 0.3) is 0 Å². The van der Waals surface area contributed by atoms with Crippen molar-refractivity contribution >= 4 is 12.1 Å². The summed E-state index contributed by atoms with van der Waals surface area (Å²) in [5.41, 5.74) is 1.14. The number of aldehydes is 1. The highest BCUT2D eigenvalue weighted by Gasteiger charge is 2.31. The molecule has 1 fully saturated rings. The average Bonchev–Trinajstić information content (AvgIpc) is 2.61. The van der Waals surface area contributed by atoms with E-state index >= 15 is 0 Å². The number of likely N-dealkylation sites (tertiary alicyclic amines) is 1.